The molecule has 22 heavy (non-hydrogen) atoms. The lowest BCUT2D eigenvalue weighted by Gasteiger charge is -2.32. The van der Waals surface area contributed by atoms with Gasteiger partial charge in [0.15, 0.2) is 0 Å². The van der Waals surface area contributed by atoms with E-state index in [4.69, 9.17) is 10.7 Å². The average Bonchev–Trinajstić information content (AvgIpc) is 2.47. The van der Waals surface area contributed by atoms with Gasteiger partial charge in [0, 0.05) is 36.2 Å². The molecule has 0 heterocycles. The van der Waals surface area contributed by atoms with Gasteiger partial charge in [0.25, 0.3) is 0 Å². The summed E-state index contributed by atoms with van der Waals surface area (Å²) < 4.78 is 13.7. The Hall–Kier alpha value is -1.22. The van der Waals surface area contributed by atoms with Crippen molar-refractivity contribution in [1.29, 1.82) is 0 Å². The van der Waals surface area contributed by atoms with E-state index in [1.165, 1.54) is 17.7 Å². The molecule has 2 aliphatic rings. The van der Waals surface area contributed by atoms with Crippen LogP contribution in [0.3, 0.4) is 0 Å². The summed E-state index contributed by atoms with van der Waals surface area (Å²) in [6, 6.07) is 0. The Labute approximate surface area is 134 Å². The fourth-order valence-corrected chi connectivity index (χ4v) is 3.41. The highest BCUT2D eigenvalue weighted by molar-refractivity contribution is 5.73. The fourth-order valence-electron chi connectivity index (χ4n) is 3.41. The summed E-state index contributed by atoms with van der Waals surface area (Å²) in [7, 11) is 0. The van der Waals surface area contributed by atoms with Crippen LogP contribution in [0.2, 0.25) is 0 Å². The number of aliphatic imine (C=N–C) groups is 1. The average molecular weight is 304 g/mol. The van der Waals surface area contributed by atoms with Crippen molar-refractivity contribution in [1.82, 2.24) is 0 Å². The van der Waals surface area contributed by atoms with Gasteiger partial charge in [-0.15, -0.1) is 0 Å². The molecule has 0 aromatic heterocycles. The lowest BCUT2D eigenvalue weighted by molar-refractivity contribution is 0.493. The second-order valence-corrected chi connectivity index (χ2v) is 6.94. The molecule has 3 heteroatoms. The largest absolute Gasteiger partial charge is 0.327 e. The Kier molecular flexibility index (Phi) is 5.38. The van der Waals surface area contributed by atoms with Gasteiger partial charge >= 0.3 is 0 Å². The number of nitrogens with two attached hydrogens (primary N) is 1. The van der Waals surface area contributed by atoms with Gasteiger partial charge in [0.1, 0.15) is 5.83 Å². The van der Waals surface area contributed by atoms with Crippen molar-refractivity contribution in [3.8, 4) is 0 Å². The molecule has 0 aromatic carbocycles. The molecule has 0 aliphatic heterocycles. The molecule has 0 radical (unpaired) electrons. The zero-order chi connectivity index (χ0) is 16.3. The molecule has 0 aromatic rings. The van der Waals surface area contributed by atoms with E-state index in [1.807, 2.05) is 6.21 Å². The highest BCUT2D eigenvalue weighted by Gasteiger charge is 2.29. The van der Waals surface area contributed by atoms with Crippen molar-refractivity contribution < 1.29 is 4.39 Å². The predicted octanol–water partition coefficient (Wildman–Crippen LogP) is 5.08. The molecule has 2 aliphatic carbocycles. The molecule has 2 N–H and O–H groups in total. The normalized spacial score (nSPS) is 23.2. The maximum Gasteiger partial charge on any atom is 0.101 e. The number of allylic oxidation sites excluding steroid dienone is 5. The molecule has 0 unspecified atom stereocenters. The molecule has 0 bridgehead atoms. The van der Waals surface area contributed by atoms with Gasteiger partial charge < -0.3 is 5.73 Å². The highest BCUT2D eigenvalue weighted by Crippen LogP contribution is 2.41. The standard InChI is InChI=1S/C19H29FN2/c1-5-13-9-14(6-2)18(13)22-12-19(3,4)17-10-16(20)8-7-15(17)11-21/h10,12-13H,5-9,11,21H2,1-4H3/t13-/m0/s1. The minimum atomic E-state index is -0.286. The molecule has 0 saturated heterocycles. The first-order valence-electron chi connectivity index (χ1n) is 8.48. The van der Waals surface area contributed by atoms with Crippen LogP contribution in [0.5, 0.6) is 0 Å². The lowest BCUT2D eigenvalue weighted by Crippen LogP contribution is -2.23. The van der Waals surface area contributed by atoms with Gasteiger partial charge in [-0.3, -0.25) is 4.99 Å². The number of nitrogens with zero attached hydrogens (tertiary/aromatic N) is 1. The predicted molar refractivity (Wildman–Crippen MR) is 92.5 cm³/mol. The molecular weight excluding hydrogens is 275 g/mol. The maximum absolute atomic E-state index is 13.7. The fraction of sp³-hybridized carbons (Fsp3) is 0.632. The summed E-state index contributed by atoms with van der Waals surface area (Å²) in [4.78, 5) is 4.80. The number of rotatable bonds is 6. The van der Waals surface area contributed by atoms with E-state index >= 15 is 0 Å². The molecule has 122 valence electrons. The smallest absolute Gasteiger partial charge is 0.101 e. The quantitative estimate of drug-likeness (QED) is 0.683. The molecular formula is C19H29FN2. The van der Waals surface area contributed by atoms with Crippen LogP contribution in [0.1, 0.15) is 59.8 Å². The topological polar surface area (TPSA) is 38.4 Å². The van der Waals surface area contributed by atoms with Gasteiger partial charge in [-0.1, -0.05) is 33.3 Å². The number of halogens is 1. The van der Waals surface area contributed by atoms with Gasteiger partial charge in [-0.05, 0) is 42.9 Å². The molecule has 2 nitrogen and oxygen atoms in total. The van der Waals surface area contributed by atoms with E-state index in [0.29, 0.717) is 18.9 Å². The highest BCUT2D eigenvalue weighted by atomic mass is 19.1. The van der Waals surface area contributed by atoms with Crippen LogP contribution in [0.15, 0.2) is 39.3 Å². The number of hydrogen-bond donors (Lipinski definition) is 1. The third-order valence-electron chi connectivity index (χ3n) is 4.98. The van der Waals surface area contributed by atoms with E-state index < -0.39 is 0 Å². The number of hydrogen-bond acceptors (Lipinski definition) is 2. The van der Waals surface area contributed by atoms with E-state index in [2.05, 4.69) is 27.7 Å². The Morgan fingerprint density at radius 3 is 2.64 bits per heavy atom. The van der Waals surface area contributed by atoms with E-state index in [9.17, 15) is 4.39 Å². The van der Waals surface area contributed by atoms with Gasteiger partial charge in [0.2, 0.25) is 0 Å². The van der Waals surface area contributed by atoms with Crippen molar-refractivity contribution in [2.24, 2.45) is 22.1 Å². The van der Waals surface area contributed by atoms with Crippen molar-refractivity contribution in [3.63, 3.8) is 0 Å². The molecule has 0 spiro atoms. The van der Waals surface area contributed by atoms with Crippen LogP contribution >= 0.6 is 0 Å². The molecule has 0 amide bonds. The summed E-state index contributed by atoms with van der Waals surface area (Å²) in [6.07, 6.45) is 8.28. The minimum Gasteiger partial charge on any atom is -0.327 e. The third-order valence-corrected chi connectivity index (χ3v) is 4.98. The second-order valence-electron chi connectivity index (χ2n) is 6.94. The van der Waals surface area contributed by atoms with Gasteiger partial charge in [-0.25, -0.2) is 4.39 Å². The zero-order valence-corrected chi connectivity index (χ0v) is 14.4. The molecule has 2 rings (SSSR count). The lowest BCUT2D eigenvalue weighted by atomic mass is 9.77. The Balaban J connectivity index is 2.27. The summed E-state index contributed by atoms with van der Waals surface area (Å²) in [5.74, 6) is 0.556. The Morgan fingerprint density at radius 1 is 1.32 bits per heavy atom. The van der Waals surface area contributed by atoms with E-state index in [0.717, 1.165) is 30.4 Å². The van der Waals surface area contributed by atoms with E-state index in [1.54, 1.807) is 6.08 Å². The van der Waals surface area contributed by atoms with Crippen molar-refractivity contribution in [2.45, 2.75) is 59.8 Å². The van der Waals surface area contributed by atoms with Crippen LogP contribution in [-0.2, 0) is 0 Å². The molecule has 0 saturated carbocycles. The molecule has 1 atom stereocenters. The first kappa shape index (κ1) is 17.1. The Morgan fingerprint density at radius 2 is 2.05 bits per heavy atom. The third kappa shape index (κ3) is 3.40. The SMILES string of the molecule is CCC1=C(N=CC(C)(C)C2=C(CN)CCC(F)=C2)[C@@H](CC)C1. The summed E-state index contributed by atoms with van der Waals surface area (Å²) in [5.41, 5.74) is 10.5. The van der Waals surface area contributed by atoms with Crippen molar-refractivity contribution in [2.75, 3.05) is 6.54 Å². The summed E-state index contributed by atoms with van der Waals surface area (Å²) in [6.45, 7) is 9.10. The van der Waals surface area contributed by atoms with Crippen LogP contribution in [0.4, 0.5) is 4.39 Å². The summed E-state index contributed by atoms with van der Waals surface area (Å²) in [5, 5.41) is 0. The van der Waals surface area contributed by atoms with Crippen molar-refractivity contribution >= 4 is 6.21 Å². The second kappa shape index (κ2) is 6.91. The van der Waals surface area contributed by atoms with E-state index in [-0.39, 0.29) is 11.2 Å². The van der Waals surface area contributed by atoms with Crippen LogP contribution in [0, 0.1) is 11.3 Å². The summed E-state index contributed by atoms with van der Waals surface area (Å²) >= 11 is 0. The van der Waals surface area contributed by atoms with Gasteiger partial charge in [0.05, 0.1) is 0 Å². The van der Waals surface area contributed by atoms with Gasteiger partial charge in [-0.2, -0.15) is 0 Å². The van der Waals surface area contributed by atoms with Crippen LogP contribution in [-0.4, -0.2) is 12.8 Å². The maximum atomic E-state index is 13.7. The van der Waals surface area contributed by atoms with Crippen LogP contribution in [0.25, 0.3) is 0 Å². The van der Waals surface area contributed by atoms with Crippen LogP contribution < -0.4 is 5.73 Å². The first-order valence-corrected chi connectivity index (χ1v) is 8.48. The Bertz CT molecular complexity index is 550. The monoisotopic (exact) mass is 304 g/mol. The van der Waals surface area contributed by atoms with Crippen molar-refractivity contribution in [3.05, 3.63) is 34.3 Å². The zero-order valence-electron chi connectivity index (χ0n) is 14.4. The minimum absolute atomic E-state index is 0.0442. The molecule has 0 fully saturated rings. The first-order chi connectivity index (χ1) is 10.4.